The average Bonchev–Trinajstić information content (AvgIpc) is 3.67. The van der Waals surface area contributed by atoms with Crippen molar-refractivity contribution in [2.75, 3.05) is 34.2 Å². The first-order valence-electron chi connectivity index (χ1n) is 17.3. The summed E-state index contributed by atoms with van der Waals surface area (Å²) in [6, 6.07) is 6.20. The fourth-order valence-corrected chi connectivity index (χ4v) is 7.16. The van der Waals surface area contributed by atoms with E-state index in [4.69, 9.17) is 0 Å². The highest BCUT2D eigenvalue weighted by Gasteiger charge is 2.45. The fraction of sp³-hybridized carbons (Fsp3) is 0.694. The third kappa shape index (κ3) is 8.91. The van der Waals surface area contributed by atoms with Gasteiger partial charge in [-0.1, -0.05) is 71.9 Å². The van der Waals surface area contributed by atoms with Crippen LogP contribution in [0.4, 0.5) is 4.79 Å². The lowest BCUT2D eigenvalue weighted by Gasteiger charge is -2.39. The van der Waals surface area contributed by atoms with Crippen molar-refractivity contribution in [2.24, 2.45) is 17.8 Å². The molecule has 3 rings (SSSR count). The molecule has 1 N–H and O–H groups in total. The summed E-state index contributed by atoms with van der Waals surface area (Å²) in [5, 5.41) is 2.97. The zero-order valence-electron chi connectivity index (χ0n) is 30.2. The summed E-state index contributed by atoms with van der Waals surface area (Å²) in [5.74, 6) is -1.77. The second-order valence-corrected chi connectivity index (χ2v) is 14.6. The molecule has 2 saturated heterocycles. The molecule has 0 unspecified atom stereocenters. The molecule has 11 nitrogen and oxygen atoms in total. The van der Waals surface area contributed by atoms with Crippen LogP contribution >= 0.6 is 0 Å². The van der Waals surface area contributed by atoms with Gasteiger partial charge in [0.15, 0.2) is 0 Å². The second kappa shape index (κ2) is 16.6. The van der Waals surface area contributed by atoms with Crippen molar-refractivity contribution < 1.29 is 24.0 Å². The number of nitrogens with zero attached hydrogens (tertiary/aromatic N) is 5. The van der Waals surface area contributed by atoms with Gasteiger partial charge < -0.3 is 20.0 Å². The largest absolute Gasteiger partial charge is 0.343 e. The van der Waals surface area contributed by atoms with E-state index in [0.29, 0.717) is 25.9 Å². The predicted octanol–water partition coefficient (Wildman–Crippen LogP) is 3.82. The van der Waals surface area contributed by atoms with Gasteiger partial charge in [0.25, 0.3) is 5.91 Å². The molecule has 0 aromatic heterocycles. The van der Waals surface area contributed by atoms with Crippen LogP contribution in [0.1, 0.15) is 79.7 Å². The van der Waals surface area contributed by atoms with E-state index in [1.807, 2.05) is 97.8 Å². The SMILES string of the molecule is CC(C)[C@H](NC(=O)[C@H](C(C)C)N(C)C)C(=O)N(C)[C@H](C(=O)N1CCC[C@H]1C(=O)N(Cc1ccccc1)C(=O)N1CCC[C@H]1C)C(C)C. The van der Waals surface area contributed by atoms with Crippen molar-refractivity contribution in [2.45, 2.75) is 111 Å². The van der Waals surface area contributed by atoms with E-state index in [9.17, 15) is 24.0 Å². The number of rotatable bonds is 12. The number of imide groups is 1. The summed E-state index contributed by atoms with van der Waals surface area (Å²) >= 11 is 0. The molecule has 2 fully saturated rings. The summed E-state index contributed by atoms with van der Waals surface area (Å²) in [7, 11) is 5.28. The molecule has 0 bridgehead atoms. The van der Waals surface area contributed by atoms with Crippen molar-refractivity contribution in [3.63, 3.8) is 0 Å². The molecule has 262 valence electrons. The lowest BCUT2D eigenvalue weighted by Crippen LogP contribution is -2.61. The summed E-state index contributed by atoms with van der Waals surface area (Å²) in [6.07, 6.45) is 2.82. The van der Waals surface area contributed by atoms with E-state index < -0.39 is 30.1 Å². The summed E-state index contributed by atoms with van der Waals surface area (Å²) < 4.78 is 0. The highest BCUT2D eigenvalue weighted by molar-refractivity contribution is 6.00. The molecule has 2 aliphatic heterocycles. The quantitative estimate of drug-likeness (QED) is 0.367. The van der Waals surface area contributed by atoms with Crippen molar-refractivity contribution in [1.29, 1.82) is 0 Å². The van der Waals surface area contributed by atoms with Gasteiger partial charge in [0.05, 0.1) is 12.6 Å². The van der Waals surface area contributed by atoms with Crippen LogP contribution < -0.4 is 5.32 Å². The van der Waals surface area contributed by atoms with Crippen LogP contribution in [0.15, 0.2) is 30.3 Å². The highest BCUT2D eigenvalue weighted by atomic mass is 16.2. The van der Waals surface area contributed by atoms with Gasteiger partial charge in [0.2, 0.25) is 17.7 Å². The van der Waals surface area contributed by atoms with Crippen LogP contribution in [-0.4, -0.2) is 119 Å². The third-order valence-electron chi connectivity index (χ3n) is 9.64. The molecule has 0 spiro atoms. The first-order chi connectivity index (χ1) is 22.1. The first-order valence-corrected chi connectivity index (χ1v) is 17.3. The lowest BCUT2D eigenvalue weighted by molar-refractivity contribution is -0.152. The van der Waals surface area contributed by atoms with E-state index in [0.717, 1.165) is 18.4 Å². The number of carbonyl (C=O) groups is 5. The van der Waals surface area contributed by atoms with Gasteiger partial charge in [0, 0.05) is 26.2 Å². The molecule has 5 atom stereocenters. The Balaban J connectivity index is 1.87. The molecule has 1 aromatic carbocycles. The number of amides is 6. The maximum atomic E-state index is 14.4. The Bertz CT molecular complexity index is 1240. The van der Waals surface area contributed by atoms with Crippen LogP contribution in [0.25, 0.3) is 0 Å². The molecular weight excluding hydrogens is 596 g/mol. The Morgan fingerprint density at radius 1 is 0.809 bits per heavy atom. The number of nitrogens with one attached hydrogen (secondary N) is 1. The van der Waals surface area contributed by atoms with Gasteiger partial charge in [-0.05, 0) is 70.0 Å². The maximum absolute atomic E-state index is 14.4. The minimum atomic E-state index is -0.860. The van der Waals surface area contributed by atoms with E-state index in [2.05, 4.69) is 5.32 Å². The lowest BCUT2D eigenvalue weighted by atomic mass is 9.96. The van der Waals surface area contributed by atoms with Crippen LogP contribution in [0.2, 0.25) is 0 Å². The number of hydrogen-bond donors (Lipinski definition) is 1. The van der Waals surface area contributed by atoms with Crippen molar-refractivity contribution >= 4 is 29.7 Å². The van der Waals surface area contributed by atoms with Gasteiger partial charge in [-0.3, -0.25) is 29.0 Å². The van der Waals surface area contributed by atoms with E-state index in [1.54, 1.807) is 16.8 Å². The second-order valence-electron chi connectivity index (χ2n) is 14.6. The summed E-state index contributed by atoms with van der Waals surface area (Å²) in [4.78, 5) is 77.8. The number of benzene rings is 1. The van der Waals surface area contributed by atoms with Gasteiger partial charge in [-0.25, -0.2) is 4.79 Å². The molecule has 0 aliphatic carbocycles. The Hall–Kier alpha value is -3.47. The summed E-state index contributed by atoms with van der Waals surface area (Å²) in [6.45, 7) is 14.5. The molecular formula is C36H58N6O5. The fourth-order valence-electron chi connectivity index (χ4n) is 7.16. The molecule has 11 heteroatoms. The molecule has 1 aromatic rings. The zero-order valence-corrected chi connectivity index (χ0v) is 30.2. The number of hydrogen-bond acceptors (Lipinski definition) is 6. The zero-order chi connectivity index (χ0) is 35.2. The van der Waals surface area contributed by atoms with E-state index in [-0.39, 0.29) is 54.1 Å². The topological polar surface area (TPSA) is 114 Å². The van der Waals surface area contributed by atoms with Crippen LogP contribution in [0.5, 0.6) is 0 Å². The van der Waals surface area contributed by atoms with Crippen LogP contribution in [0.3, 0.4) is 0 Å². The molecule has 47 heavy (non-hydrogen) atoms. The van der Waals surface area contributed by atoms with E-state index >= 15 is 0 Å². The van der Waals surface area contributed by atoms with Gasteiger partial charge in [-0.2, -0.15) is 0 Å². The molecule has 2 aliphatic rings. The predicted molar refractivity (Wildman–Crippen MR) is 183 cm³/mol. The van der Waals surface area contributed by atoms with Gasteiger partial charge in [0.1, 0.15) is 18.1 Å². The molecule has 0 radical (unpaired) electrons. The monoisotopic (exact) mass is 654 g/mol. The average molecular weight is 655 g/mol. The molecule has 0 saturated carbocycles. The normalized spacial score (nSPS) is 20.1. The Morgan fingerprint density at radius 3 is 1.89 bits per heavy atom. The Morgan fingerprint density at radius 2 is 1.38 bits per heavy atom. The summed E-state index contributed by atoms with van der Waals surface area (Å²) in [5.41, 5.74) is 0.832. The van der Waals surface area contributed by atoms with Crippen molar-refractivity contribution in [3.05, 3.63) is 35.9 Å². The number of likely N-dealkylation sites (tertiary alicyclic amines) is 2. The minimum Gasteiger partial charge on any atom is -0.343 e. The Labute approximate surface area is 282 Å². The standard InChI is InChI=1S/C36H58N6O5/c1-23(2)29(37-32(43)30(24(3)4)38(8)9)34(45)39(10)31(25(5)6)35(46)41-21-15-19-28(41)33(44)42(22-27-17-12-11-13-18-27)36(47)40-20-14-16-26(40)7/h11-13,17-18,23-26,28-31H,14-16,19-22H2,1-10H3,(H,37,43)/t26-,28+,29+,30+,31+/m1/s1. The smallest absolute Gasteiger partial charge is 0.327 e. The maximum Gasteiger partial charge on any atom is 0.327 e. The van der Waals surface area contributed by atoms with Crippen molar-refractivity contribution in [3.8, 4) is 0 Å². The minimum absolute atomic E-state index is 0.0299. The van der Waals surface area contributed by atoms with Gasteiger partial charge in [-0.15, -0.1) is 0 Å². The third-order valence-corrected chi connectivity index (χ3v) is 9.64. The van der Waals surface area contributed by atoms with Crippen LogP contribution in [0, 0.1) is 17.8 Å². The number of carbonyl (C=O) groups excluding carboxylic acids is 5. The number of likely N-dealkylation sites (N-methyl/N-ethyl adjacent to an activating group) is 2. The first kappa shape index (κ1) is 38.0. The Kier molecular flexibility index (Phi) is 13.4. The van der Waals surface area contributed by atoms with Gasteiger partial charge >= 0.3 is 6.03 Å². The van der Waals surface area contributed by atoms with Crippen molar-refractivity contribution in [1.82, 2.24) is 29.8 Å². The number of urea groups is 1. The molecule has 2 heterocycles. The van der Waals surface area contributed by atoms with E-state index in [1.165, 1.54) is 9.80 Å². The van der Waals surface area contributed by atoms with Crippen LogP contribution in [-0.2, 0) is 25.7 Å². The highest BCUT2D eigenvalue weighted by Crippen LogP contribution is 2.27. The molecule has 6 amide bonds.